The van der Waals surface area contributed by atoms with Crippen molar-refractivity contribution < 1.29 is 39.5 Å². The first kappa shape index (κ1) is 17.7. The average Bonchev–Trinajstić information content (AvgIpc) is 2.84. The van der Waals surface area contributed by atoms with Crippen molar-refractivity contribution in [2.24, 2.45) is 0 Å². The second kappa shape index (κ2) is 8.77. The molecule has 2 unspecified atom stereocenters. The molecule has 2 atom stereocenters. The number of aliphatic hydroxyl groups is 1. The van der Waals surface area contributed by atoms with Crippen molar-refractivity contribution in [1.82, 2.24) is 10.2 Å². The summed E-state index contributed by atoms with van der Waals surface area (Å²) in [6.45, 7) is 3.41. The normalized spacial score (nSPS) is 21.5. The summed E-state index contributed by atoms with van der Waals surface area (Å²) in [4.78, 5) is 23.3. The van der Waals surface area contributed by atoms with Gasteiger partial charge in [0.1, 0.15) is 12.3 Å². The summed E-state index contributed by atoms with van der Waals surface area (Å²) in [7, 11) is 1.71. The summed E-state index contributed by atoms with van der Waals surface area (Å²) in [6, 6.07) is 0. The third kappa shape index (κ3) is 5.08. The number of hydrogen-bond acceptors (Lipinski definition) is 5. The number of aliphatic hydroxyl groups excluding tert-OH is 1. The molecule has 0 aromatic rings. The third-order valence-electron chi connectivity index (χ3n) is 2.40. The summed E-state index contributed by atoms with van der Waals surface area (Å²) >= 11 is 0. The maximum Gasteiger partial charge on any atom is 0.259 e. The minimum absolute atomic E-state index is 0. The minimum Gasteiger partial charge on any atom is -0.393 e. The molecule has 0 saturated carbocycles. The van der Waals surface area contributed by atoms with E-state index in [4.69, 9.17) is 9.84 Å². The molecule has 7 heteroatoms. The van der Waals surface area contributed by atoms with E-state index in [0.29, 0.717) is 6.41 Å². The van der Waals surface area contributed by atoms with E-state index >= 15 is 0 Å². The van der Waals surface area contributed by atoms with Crippen LogP contribution in [0.5, 0.6) is 0 Å². The van der Waals surface area contributed by atoms with Crippen LogP contribution in [0.3, 0.4) is 0 Å². The Morgan fingerprint density at radius 3 is 2.74 bits per heavy atom. The molecule has 0 bridgehead atoms. The van der Waals surface area contributed by atoms with Crippen LogP contribution in [0, 0.1) is 0 Å². The Morgan fingerprint density at radius 2 is 2.26 bits per heavy atom. The topological polar surface area (TPSA) is 78.9 Å². The molecule has 0 aromatic carbocycles. The first-order valence-electron chi connectivity index (χ1n) is 5.37. The fourth-order valence-corrected chi connectivity index (χ4v) is 1.46. The molecule has 0 aromatic heterocycles. The van der Waals surface area contributed by atoms with Gasteiger partial charge in [-0.15, -0.1) is 0 Å². The third-order valence-corrected chi connectivity index (χ3v) is 2.40. The van der Waals surface area contributed by atoms with E-state index in [1.54, 1.807) is 24.1 Å². The van der Waals surface area contributed by atoms with Gasteiger partial charge in [-0.25, -0.2) is 0 Å². The van der Waals surface area contributed by atoms with Crippen LogP contribution < -0.4 is 5.32 Å². The predicted molar refractivity (Wildman–Crippen MR) is 65.1 cm³/mol. The fourth-order valence-electron chi connectivity index (χ4n) is 1.46. The molecule has 6 nitrogen and oxygen atoms in total. The zero-order valence-electron chi connectivity index (χ0n) is 10.4. The molecule has 0 fully saturated rings. The van der Waals surface area contributed by atoms with Crippen LogP contribution in [0.15, 0.2) is 36.6 Å². The Hall–Kier alpha value is -1.27. The van der Waals surface area contributed by atoms with Crippen molar-refractivity contribution in [2.45, 2.75) is 12.3 Å². The average molecular weight is 444 g/mol. The number of amides is 2. The van der Waals surface area contributed by atoms with Gasteiger partial charge in [0.25, 0.3) is 5.91 Å². The Bertz CT molecular complexity index is 395. The summed E-state index contributed by atoms with van der Waals surface area (Å²) in [5, 5.41) is 11.0. The molecule has 1 aliphatic rings. The zero-order chi connectivity index (χ0) is 13.5. The Morgan fingerprint density at radius 1 is 1.58 bits per heavy atom. The first-order chi connectivity index (χ1) is 8.62. The molecular formula is C12H16IrN2O4. The van der Waals surface area contributed by atoms with Gasteiger partial charge in [-0.3, -0.25) is 14.9 Å². The first-order valence-corrected chi connectivity index (χ1v) is 5.37. The van der Waals surface area contributed by atoms with Crippen molar-refractivity contribution >= 4 is 12.3 Å². The number of ether oxygens (including phenoxy) is 1. The molecule has 1 aliphatic heterocycles. The predicted octanol–water partition coefficient (Wildman–Crippen LogP) is -0.468. The zero-order valence-corrected chi connectivity index (χ0v) is 12.8. The van der Waals surface area contributed by atoms with E-state index in [2.05, 4.69) is 6.58 Å². The van der Waals surface area contributed by atoms with E-state index in [1.807, 2.05) is 5.32 Å². The van der Waals surface area contributed by atoms with Crippen LogP contribution in [-0.4, -0.2) is 48.3 Å². The smallest absolute Gasteiger partial charge is 0.259 e. The Labute approximate surface area is 125 Å². The van der Waals surface area contributed by atoms with E-state index in [0.717, 1.165) is 0 Å². The van der Waals surface area contributed by atoms with E-state index < -0.39 is 5.91 Å². The number of likely N-dealkylation sites (N-methyl/N-ethyl adjacent to an activating group) is 1. The minimum atomic E-state index is -0.535. The number of rotatable bonds is 6. The monoisotopic (exact) mass is 445 g/mol. The molecule has 1 rings (SSSR count). The molecule has 1 heterocycles. The largest absolute Gasteiger partial charge is 0.393 e. The van der Waals surface area contributed by atoms with Crippen molar-refractivity contribution in [3.8, 4) is 0 Å². The Kier molecular flexibility index (Phi) is 8.18. The summed E-state index contributed by atoms with van der Waals surface area (Å²) in [5.74, 6) is -0.535. The SMILES string of the molecule is C=C/C(=C/N(C)C1C=CC(CO)O1)C(=O)NC=O.[Ir]. The summed E-state index contributed by atoms with van der Waals surface area (Å²) in [5.41, 5.74) is 0.244. The molecule has 2 amide bonds. The van der Waals surface area contributed by atoms with Crippen LogP contribution in [0.1, 0.15) is 0 Å². The molecular weight excluding hydrogens is 428 g/mol. The van der Waals surface area contributed by atoms with Crippen LogP contribution in [0.25, 0.3) is 0 Å². The van der Waals surface area contributed by atoms with Crippen LogP contribution in [0.2, 0.25) is 0 Å². The van der Waals surface area contributed by atoms with Gasteiger partial charge >= 0.3 is 0 Å². The second-order valence-corrected chi connectivity index (χ2v) is 3.68. The molecule has 107 valence electrons. The van der Waals surface area contributed by atoms with Gasteiger partial charge in [-0.05, 0) is 6.08 Å². The summed E-state index contributed by atoms with van der Waals surface area (Å²) in [6.07, 6.45) is 6.00. The Balaban J connectivity index is 0.00000324. The van der Waals surface area contributed by atoms with Crippen LogP contribution in [-0.2, 0) is 34.4 Å². The standard InChI is InChI=1S/C12H16N2O4.Ir/c1-3-9(12(17)13-8-16)6-14(2)11-5-4-10(7-15)18-11;/h3-6,8,10-11,15H,1,7H2,2H3,(H,13,16,17);/b9-6-;. The summed E-state index contributed by atoms with van der Waals surface area (Å²) < 4.78 is 5.44. The van der Waals surface area contributed by atoms with Crippen molar-refractivity contribution in [3.05, 3.63) is 36.6 Å². The second-order valence-electron chi connectivity index (χ2n) is 3.68. The number of nitrogens with one attached hydrogen (secondary N) is 1. The van der Waals surface area contributed by atoms with E-state index in [1.165, 1.54) is 12.3 Å². The molecule has 2 N–H and O–H groups in total. The van der Waals surface area contributed by atoms with E-state index in [-0.39, 0.29) is 44.6 Å². The van der Waals surface area contributed by atoms with Gasteiger partial charge in [0.05, 0.1) is 12.2 Å². The number of nitrogens with zero attached hydrogens (tertiary/aromatic N) is 1. The van der Waals surface area contributed by atoms with Crippen molar-refractivity contribution in [1.29, 1.82) is 0 Å². The van der Waals surface area contributed by atoms with Crippen LogP contribution >= 0.6 is 0 Å². The number of carbonyl (C=O) groups excluding carboxylic acids is 2. The number of hydrogen-bond donors (Lipinski definition) is 2. The molecule has 19 heavy (non-hydrogen) atoms. The number of carbonyl (C=O) groups is 2. The van der Waals surface area contributed by atoms with Crippen molar-refractivity contribution in [2.75, 3.05) is 13.7 Å². The van der Waals surface area contributed by atoms with Gasteiger partial charge in [-0.2, -0.15) is 0 Å². The van der Waals surface area contributed by atoms with Gasteiger partial charge in [-0.1, -0.05) is 18.7 Å². The number of imide groups is 1. The van der Waals surface area contributed by atoms with Gasteiger partial charge < -0.3 is 14.7 Å². The van der Waals surface area contributed by atoms with Gasteiger partial charge in [0.15, 0.2) is 0 Å². The maximum absolute atomic E-state index is 11.4. The quantitative estimate of drug-likeness (QED) is 0.251. The van der Waals surface area contributed by atoms with Gasteiger partial charge in [0, 0.05) is 33.4 Å². The fraction of sp³-hybridized carbons (Fsp3) is 0.333. The molecule has 0 saturated heterocycles. The maximum atomic E-state index is 11.4. The molecule has 0 spiro atoms. The van der Waals surface area contributed by atoms with Crippen molar-refractivity contribution in [3.63, 3.8) is 0 Å². The molecule has 1 radical (unpaired) electrons. The molecule has 0 aliphatic carbocycles. The van der Waals surface area contributed by atoms with Gasteiger partial charge in [0.2, 0.25) is 6.41 Å². The van der Waals surface area contributed by atoms with E-state index in [9.17, 15) is 9.59 Å². The van der Waals surface area contributed by atoms with Crippen LogP contribution in [0.4, 0.5) is 0 Å².